The molecule has 0 radical (unpaired) electrons. The Bertz CT molecular complexity index is 429. The van der Waals surface area contributed by atoms with Crippen molar-refractivity contribution < 1.29 is 9.59 Å². The fraction of sp³-hybridized carbons (Fsp3) is 0.909. The predicted molar refractivity (Wildman–Crippen MR) is 113 cm³/mol. The Morgan fingerprint density at radius 1 is 1.00 bits per heavy atom. The third kappa shape index (κ3) is 10.7. The molecule has 0 unspecified atom stereocenters. The van der Waals surface area contributed by atoms with Crippen LogP contribution in [0.25, 0.3) is 0 Å². The molecule has 1 rings (SSSR count). The van der Waals surface area contributed by atoms with E-state index in [1.165, 1.54) is 19.3 Å². The monoisotopic (exact) mass is 381 g/mol. The van der Waals surface area contributed by atoms with Gasteiger partial charge in [0.15, 0.2) is 0 Å². The molecule has 0 spiro atoms. The molecular weight excluding hydrogens is 338 g/mol. The third-order valence-electron chi connectivity index (χ3n) is 5.58. The van der Waals surface area contributed by atoms with Crippen LogP contribution in [0.5, 0.6) is 0 Å². The Hall–Kier alpha value is -1.10. The lowest BCUT2D eigenvalue weighted by molar-refractivity contribution is -0.133. The number of carbonyl (C=O) groups is 2. The normalized spacial score (nSPS) is 20.1. The number of nitrogens with one attached hydrogen (secondary N) is 2. The summed E-state index contributed by atoms with van der Waals surface area (Å²) < 4.78 is 0. The zero-order chi connectivity index (χ0) is 20.2. The molecule has 2 amide bonds. The van der Waals surface area contributed by atoms with E-state index in [4.69, 9.17) is 0 Å². The van der Waals surface area contributed by atoms with E-state index in [0.717, 1.165) is 51.1 Å². The van der Waals surface area contributed by atoms with Crippen LogP contribution in [0.1, 0.15) is 79.1 Å². The second kappa shape index (κ2) is 13.1. The first-order valence-electron chi connectivity index (χ1n) is 11.0. The molecule has 0 aromatic heterocycles. The van der Waals surface area contributed by atoms with Gasteiger partial charge in [-0.25, -0.2) is 0 Å². The van der Waals surface area contributed by atoms with Crippen LogP contribution in [0.15, 0.2) is 0 Å². The van der Waals surface area contributed by atoms with Gasteiger partial charge in [-0.1, -0.05) is 47.0 Å². The van der Waals surface area contributed by atoms with E-state index in [1.807, 2.05) is 25.8 Å². The molecule has 1 saturated carbocycles. The van der Waals surface area contributed by atoms with Gasteiger partial charge in [0.2, 0.25) is 11.8 Å². The summed E-state index contributed by atoms with van der Waals surface area (Å²) in [6.07, 6.45) is 9.26. The first-order chi connectivity index (χ1) is 12.8. The van der Waals surface area contributed by atoms with Crippen LogP contribution in [-0.2, 0) is 9.59 Å². The highest BCUT2D eigenvalue weighted by Crippen LogP contribution is 2.25. The Morgan fingerprint density at radius 3 is 2.26 bits per heavy atom. The molecule has 0 aliphatic heterocycles. The second-order valence-electron chi connectivity index (χ2n) is 9.07. The quantitative estimate of drug-likeness (QED) is 0.508. The molecule has 1 fully saturated rings. The van der Waals surface area contributed by atoms with Gasteiger partial charge in [-0.2, -0.15) is 0 Å². The van der Waals surface area contributed by atoms with E-state index in [9.17, 15) is 9.59 Å². The third-order valence-corrected chi connectivity index (χ3v) is 5.58. The van der Waals surface area contributed by atoms with Crippen molar-refractivity contribution in [3.63, 3.8) is 0 Å². The average molecular weight is 382 g/mol. The van der Waals surface area contributed by atoms with E-state index >= 15 is 0 Å². The van der Waals surface area contributed by atoms with Crippen LogP contribution in [-0.4, -0.2) is 49.4 Å². The summed E-state index contributed by atoms with van der Waals surface area (Å²) in [6.45, 7) is 10.5. The number of amides is 2. The van der Waals surface area contributed by atoms with Crippen molar-refractivity contribution >= 4 is 11.8 Å². The van der Waals surface area contributed by atoms with Crippen LogP contribution in [0, 0.1) is 17.8 Å². The van der Waals surface area contributed by atoms with E-state index < -0.39 is 0 Å². The average Bonchev–Trinajstić information content (AvgIpc) is 2.62. The predicted octanol–water partition coefficient (Wildman–Crippen LogP) is 3.58. The Morgan fingerprint density at radius 2 is 1.67 bits per heavy atom. The van der Waals surface area contributed by atoms with Gasteiger partial charge in [0.1, 0.15) is 0 Å². The van der Waals surface area contributed by atoms with Gasteiger partial charge < -0.3 is 15.5 Å². The van der Waals surface area contributed by atoms with Crippen LogP contribution in [0.3, 0.4) is 0 Å². The van der Waals surface area contributed by atoms with E-state index in [1.54, 1.807) is 0 Å². The number of hydrogen-bond donors (Lipinski definition) is 2. The van der Waals surface area contributed by atoms with Gasteiger partial charge in [-0.3, -0.25) is 9.59 Å². The lowest BCUT2D eigenvalue weighted by Crippen LogP contribution is -2.42. The Balaban J connectivity index is 2.08. The van der Waals surface area contributed by atoms with Crippen molar-refractivity contribution in [3.05, 3.63) is 0 Å². The van der Waals surface area contributed by atoms with Gasteiger partial charge in [-0.05, 0) is 43.9 Å². The fourth-order valence-corrected chi connectivity index (χ4v) is 3.85. The fourth-order valence-electron chi connectivity index (χ4n) is 3.85. The van der Waals surface area contributed by atoms with Crippen LogP contribution in [0.4, 0.5) is 0 Å². The Labute approximate surface area is 167 Å². The summed E-state index contributed by atoms with van der Waals surface area (Å²) >= 11 is 0. The van der Waals surface area contributed by atoms with Crippen molar-refractivity contribution in [2.45, 2.75) is 85.1 Å². The van der Waals surface area contributed by atoms with Crippen molar-refractivity contribution in [1.29, 1.82) is 0 Å². The maximum absolute atomic E-state index is 12.0. The zero-order valence-electron chi connectivity index (χ0n) is 18.4. The topological polar surface area (TPSA) is 61.4 Å². The molecule has 1 aliphatic carbocycles. The molecule has 5 nitrogen and oxygen atoms in total. The molecule has 0 atom stereocenters. The number of unbranched alkanes of at least 4 members (excludes halogenated alkanes) is 2. The van der Waals surface area contributed by atoms with Crippen molar-refractivity contribution in [1.82, 2.24) is 15.5 Å². The first kappa shape index (κ1) is 23.9. The molecule has 0 saturated heterocycles. The number of nitrogens with zero attached hydrogens (tertiary/aromatic N) is 1. The minimum Gasteiger partial charge on any atom is -0.355 e. The summed E-state index contributed by atoms with van der Waals surface area (Å²) in [7, 11) is 1.92. The smallest absolute Gasteiger partial charge is 0.233 e. The van der Waals surface area contributed by atoms with Gasteiger partial charge in [0, 0.05) is 32.1 Å². The maximum atomic E-state index is 12.0. The van der Waals surface area contributed by atoms with Gasteiger partial charge in [-0.15, -0.1) is 0 Å². The summed E-state index contributed by atoms with van der Waals surface area (Å²) in [5.74, 6) is 1.78. The van der Waals surface area contributed by atoms with Gasteiger partial charge in [0.05, 0.1) is 6.54 Å². The molecule has 0 aromatic carbocycles. The molecule has 0 aromatic rings. The van der Waals surface area contributed by atoms with E-state index in [0.29, 0.717) is 18.5 Å². The van der Waals surface area contributed by atoms with Crippen molar-refractivity contribution in [3.8, 4) is 0 Å². The SMILES string of the molecule is CC(C)CCCCCNC(=O)CNC1CCC(CN(C)C(=O)C(C)C)CC1. The molecular formula is C22H43N3O2. The highest BCUT2D eigenvalue weighted by molar-refractivity contribution is 5.78. The van der Waals surface area contributed by atoms with Crippen LogP contribution in [0.2, 0.25) is 0 Å². The largest absolute Gasteiger partial charge is 0.355 e. The standard InChI is InChI=1S/C22H43N3O2/c1-17(2)9-7-6-8-14-23-21(26)15-24-20-12-10-19(11-13-20)16-25(5)22(27)18(3)4/h17-20,24H,6-16H2,1-5H3,(H,23,26). The van der Waals surface area contributed by atoms with Gasteiger partial charge >= 0.3 is 0 Å². The zero-order valence-corrected chi connectivity index (χ0v) is 18.4. The van der Waals surface area contributed by atoms with Crippen molar-refractivity contribution in [2.75, 3.05) is 26.7 Å². The summed E-state index contributed by atoms with van der Waals surface area (Å²) in [5.41, 5.74) is 0. The van der Waals surface area contributed by atoms with Crippen LogP contribution >= 0.6 is 0 Å². The summed E-state index contributed by atoms with van der Waals surface area (Å²) in [6, 6.07) is 0.434. The maximum Gasteiger partial charge on any atom is 0.233 e. The lowest BCUT2D eigenvalue weighted by atomic mass is 9.85. The lowest BCUT2D eigenvalue weighted by Gasteiger charge is -2.32. The molecule has 27 heavy (non-hydrogen) atoms. The van der Waals surface area contributed by atoms with Gasteiger partial charge in [0.25, 0.3) is 0 Å². The number of rotatable bonds is 12. The van der Waals surface area contributed by atoms with E-state index in [2.05, 4.69) is 24.5 Å². The number of hydrogen-bond acceptors (Lipinski definition) is 3. The summed E-state index contributed by atoms with van der Waals surface area (Å²) in [5, 5.41) is 6.43. The molecule has 1 aliphatic rings. The highest BCUT2D eigenvalue weighted by Gasteiger charge is 2.24. The second-order valence-corrected chi connectivity index (χ2v) is 9.07. The molecule has 158 valence electrons. The van der Waals surface area contributed by atoms with E-state index in [-0.39, 0.29) is 17.7 Å². The Kier molecular flexibility index (Phi) is 11.7. The van der Waals surface area contributed by atoms with Crippen molar-refractivity contribution in [2.24, 2.45) is 17.8 Å². The highest BCUT2D eigenvalue weighted by atomic mass is 16.2. The minimum absolute atomic E-state index is 0.0710. The summed E-state index contributed by atoms with van der Waals surface area (Å²) in [4.78, 5) is 25.8. The molecule has 0 heterocycles. The number of carbonyl (C=O) groups excluding carboxylic acids is 2. The molecule has 2 N–H and O–H groups in total. The molecule has 0 bridgehead atoms. The minimum atomic E-state index is 0.0710. The molecule has 5 heteroatoms. The first-order valence-corrected chi connectivity index (χ1v) is 11.0. The van der Waals surface area contributed by atoms with Crippen LogP contribution < -0.4 is 10.6 Å².